The van der Waals surface area contributed by atoms with Crippen molar-refractivity contribution in [2.24, 2.45) is 0 Å². The normalized spacial score (nSPS) is 10.4. The van der Waals surface area contributed by atoms with Crippen LogP contribution in [-0.4, -0.2) is 5.78 Å². The summed E-state index contributed by atoms with van der Waals surface area (Å²) in [5.74, 6) is -0.527. The summed E-state index contributed by atoms with van der Waals surface area (Å²) in [7, 11) is 0. The van der Waals surface area contributed by atoms with Gasteiger partial charge in [-0.3, -0.25) is 4.79 Å². The second kappa shape index (κ2) is 5.67. The minimum absolute atomic E-state index is 0.135. The predicted octanol–water partition coefficient (Wildman–Crippen LogP) is 4.94. The van der Waals surface area contributed by atoms with Crippen LogP contribution in [0.3, 0.4) is 0 Å². The first-order valence-corrected chi connectivity index (χ1v) is 6.92. The molecular weight excluding hydrogens is 315 g/mol. The Balaban J connectivity index is 2.41. The molecule has 2 aromatic carbocycles. The predicted molar refractivity (Wildman–Crippen MR) is 74.7 cm³/mol. The third-order valence-electron chi connectivity index (χ3n) is 2.38. The lowest BCUT2D eigenvalue weighted by Gasteiger charge is -2.08. The highest BCUT2D eigenvalue weighted by Gasteiger charge is 2.11. The molecule has 0 atom stereocenters. The van der Waals surface area contributed by atoms with Gasteiger partial charge in [-0.25, -0.2) is 4.39 Å². The molecule has 18 heavy (non-hydrogen) atoms. The van der Waals surface area contributed by atoms with Gasteiger partial charge in [-0.15, -0.1) is 0 Å². The molecule has 4 heteroatoms. The fourth-order valence-electron chi connectivity index (χ4n) is 1.51. The summed E-state index contributed by atoms with van der Waals surface area (Å²) in [6, 6.07) is 12.0. The van der Waals surface area contributed by atoms with E-state index in [1.807, 2.05) is 24.3 Å². The van der Waals surface area contributed by atoms with Crippen molar-refractivity contribution in [2.75, 3.05) is 0 Å². The van der Waals surface area contributed by atoms with Gasteiger partial charge in [0.15, 0.2) is 5.78 Å². The zero-order chi connectivity index (χ0) is 13.1. The van der Waals surface area contributed by atoms with E-state index in [9.17, 15) is 9.18 Å². The summed E-state index contributed by atoms with van der Waals surface area (Å²) in [5, 5.41) is 0. The van der Waals surface area contributed by atoms with Crippen molar-refractivity contribution in [1.82, 2.24) is 0 Å². The fraction of sp³-hybridized carbons (Fsp3) is 0.0714. The second-order valence-corrected chi connectivity index (χ2v) is 5.67. The van der Waals surface area contributed by atoms with Gasteiger partial charge in [-0.2, -0.15) is 0 Å². The van der Waals surface area contributed by atoms with Crippen LogP contribution in [0, 0.1) is 5.82 Å². The van der Waals surface area contributed by atoms with E-state index in [0.717, 1.165) is 14.3 Å². The number of halogens is 2. The molecule has 0 unspecified atom stereocenters. The first kappa shape index (κ1) is 13.3. The van der Waals surface area contributed by atoms with Crippen LogP contribution in [-0.2, 0) is 0 Å². The molecule has 0 spiro atoms. The van der Waals surface area contributed by atoms with Gasteiger partial charge in [0.2, 0.25) is 0 Å². The average Bonchev–Trinajstić information content (AvgIpc) is 2.34. The Hall–Kier alpha value is -1.13. The molecule has 0 aliphatic carbocycles. The molecule has 0 bridgehead atoms. The number of ketones is 1. The number of benzene rings is 2. The second-order valence-electron chi connectivity index (χ2n) is 3.73. The van der Waals surface area contributed by atoms with Crippen LogP contribution in [0.5, 0.6) is 0 Å². The number of carbonyl (C=O) groups excluding carboxylic acids is 1. The maximum atomic E-state index is 13.2. The van der Waals surface area contributed by atoms with E-state index < -0.39 is 5.82 Å². The minimum Gasteiger partial charge on any atom is -0.294 e. The van der Waals surface area contributed by atoms with E-state index in [2.05, 4.69) is 15.9 Å². The molecule has 0 aliphatic rings. The van der Waals surface area contributed by atoms with Crippen molar-refractivity contribution in [2.45, 2.75) is 16.7 Å². The lowest BCUT2D eigenvalue weighted by Crippen LogP contribution is -1.96. The Kier molecular flexibility index (Phi) is 4.19. The first-order valence-electron chi connectivity index (χ1n) is 5.31. The largest absolute Gasteiger partial charge is 0.294 e. The lowest BCUT2D eigenvalue weighted by atomic mass is 10.1. The molecule has 0 saturated heterocycles. The third-order valence-corrected chi connectivity index (χ3v) is 4.48. The van der Waals surface area contributed by atoms with E-state index in [4.69, 9.17) is 0 Å². The quantitative estimate of drug-likeness (QED) is 0.744. The van der Waals surface area contributed by atoms with Crippen molar-refractivity contribution in [3.63, 3.8) is 0 Å². The summed E-state index contributed by atoms with van der Waals surface area (Å²) in [6.07, 6.45) is 0. The van der Waals surface area contributed by atoms with Gasteiger partial charge in [0, 0.05) is 19.8 Å². The number of hydrogen-bond acceptors (Lipinski definition) is 2. The van der Waals surface area contributed by atoms with Crippen LogP contribution in [0.1, 0.15) is 17.3 Å². The van der Waals surface area contributed by atoms with Gasteiger partial charge >= 0.3 is 0 Å². The standard InChI is InChI=1S/C14H10BrFOS/c1-9(17)11-8-10(16)6-7-13(11)18-14-5-3-2-4-12(14)15/h2-8H,1H3. The smallest absolute Gasteiger partial charge is 0.161 e. The highest BCUT2D eigenvalue weighted by Crippen LogP contribution is 2.35. The minimum atomic E-state index is -0.392. The number of rotatable bonds is 3. The average molecular weight is 325 g/mol. The number of hydrogen-bond donors (Lipinski definition) is 0. The molecule has 0 heterocycles. The van der Waals surface area contributed by atoms with E-state index in [0.29, 0.717) is 5.56 Å². The third kappa shape index (κ3) is 3.00. The van der Waals surface area contributed by atoms with Gasteiger partial charge in [0.25, 0.3) is 0 Å². The summed E-state index contributed by atoms with van der Waals surface area (Å²) in [6.45, 7) is 1.44. The molecule has 0 saturated carbocycles. The number of Topliss-reactive ketones (excluding diaryl/α,β-unsaturated/α-hetero) is 1. The van der Waals surface area contributed by atoms with Crippen molar-refractivity contribution in [3.8, 4) is 0 Å². The molecule has 0 N–H and O–H groups in total. The zero-order valence-corrected chi connectivity index (χ0v) is 12.0. The summed E-state index contributed by atoms with van der Waals surface area (Å²) >= 11 is 4.89. The summed E-state index contributed by atoms with van der Waals surface area (Å²) in [4.78, 5) is 13.3. The van der Waals surface area contributed by atoms with E-state index >= 15 is 0 Å². The van der Waals surface area contributed by atoms with E-state index in [-0.39, 0.29) is 5.78 Å². The molecule has 0 aromatic heterocycles. The van der Waals surface area contributed by atoms with Crippen molar-refractivity contribution in [3.05, 3.63) is 58.3 Å². The van der Waals surface area contributed by atoms with Crippen LogP contribution >= 0.6 is 27.7 Å². The fourth-order valence-corrected chi connectivity index (χ4v) is 3.04. The SMILES string of the molecule is CC(=O)c1cc(F)ccc1Sc1ccccc1Br. The van der Waals surface area contributed by atoms with Crippen molar-refractivity contribution in [1.29, 1.82) is 0 Å². The van der Waals surface area contributed by atoms with Gasteiger partial charge in [-0.05, 0) is 53.2 Å². The Labute approximate surface area is 118 Å². The lowest BCUT2D eigenvalue weighted by molar-refractivity contribution is 0.101. The van der Waals surface area contributed by atoms with Gasteiger partial charge < -0.3 is 0 Å². The van der Waals surface area contributed by atoms with Gasteiger partial charge in [0.05, 0.1) is 0 Å². The van der Waals surface area contributed by atoms with Crippen LogP contribution in [0.2, 0.25) is 0 Å². The summed E-state index contributed by atoms with van der Waals surface area (Å²) < 4.78 is 14.1. The molecule has 0 aliphatic heterocycles. The van der Waals surface area contributed by atoms with Crippen LogP contribution in [0.25, 0.3) is 0 Å². The Bertz CT molecular complexity index is 598. The topological polar surface area (TPSA) is 17.1 Å². The molecule has 2 aromatic rings. The van der Waals surface area contributed by atoms with Gasteiger partial charge in [-0.1, -0.05) is 23.9 Å². The van der Waals surface area contributed by atoms with Crippen LogP contribution < -0.4 is 0 Å². The maximum absolute atomic E-state index is 13.2. The Morgan fingerprint density at radius 3 is 2.56 bits per heavy atom. The molecule has 0 amide bonds. The Morgan fingerprint density at radius 1 is 1.17 bits per heavy atom. The summed E-state index contributed by atoms with van der Waals surface area (Å²) in [5.41, 5.74) is 0.413. The highest BCUT2D eigenvalue weighted by atomic mass is 79.9. The highest BCUT2D eigenvalue weighted by molar-refractivity contribution is 9.10. The molecule has 0 radical (unpaired) electrons. The van der Waals surface area contributed by atoms with Crippen molar-refractivity contribution < 1.29 is 9.18 Å². The van der Waals surface area contributed by atoms with E-state index in [1.165, 1.54) is 30.8 Å². The van der Waals surface area contributed by atoms with Crippen LogP contribution in [0.15, 0.2) is 56.7 Å². The van der Waals surface area contributed by atoms with Crippen molar-refractivity contribution >= 4 is 33.5 Å². The van der Waals surface area contributed by atoms with Crippen LogP contribution in [0.4, 0.5) is 4.39 Å². The zero-order valence-electron chi connectivity index (χ0n) is 9.61. The van der Waals surface area contributed by atoms with Gasteiger partial charge in [0.1, 0.15) is 5.82 Å². The molecule has 0 fully saturated rings. The maximum Gasteiger partial charge on any atom is 0.161 e. The Morgan fingerprint density at radius 2 is 1.89 bits per heavy atom. The van der Waals surface area contributed by atoms with E-state index in [1.54, 1.807) is 6.07 Å². The first-order chi connectivity index (χ1) is 8.58. The molecular formula is C14H10BrFOS. The number of carbonyl (C=O) groups is 1. The molecule has 2 rings (SSSR count). The molecule has 1 nitrogen and oxygen atoms in total. The monoisotopic (exact) mass is 324 g/mol. The molecule has 92 valence electrons.